The van der Waals surface area contributed by atoms with Gasteiger partial charge in [-0.25, -0.2) is 18.1 Å². The number of methoxy groups -OCH3 is 1. The number of benzene rings is 1. The Morgan fingerprint density at radius 3 is 2.79 bits per heavy atom. The lowest BCUT2D eigenvalue weighted by Gasteiger charge is -2.53. The Hall–Kier alpha value is -2.74. The van der Waals surface area contributed by atoms with Gasteiger partial charge in [-0.1, -0.05) is 36.7 Å². The van der Waals surface area contributed by atoms with E-state index in [0.29, 0.717) is 49.6 Å². The first-order valence-electron chi connectivity index (χ1n) is 19.5. The zero-order chi connectivity index (χ0) is 37.0. The lowest BCUT2D eigenvalue weighted by Crippen LogP contribution is -2.62. The predicted octanol–water partition coefficient (Wildman–Crippen LogP) is 4.68. The summed E-state index contributed by atoms with van der Waals surface area (Å²) in [6.07, 6.45) is 9.91. The fourth-order valence-corrected chi connectivity index (χ4v) is 11.4. The summed E-state index contributed by atoms with van der Waals surface area (Å²) in [5.41, 5.74) is 1.69. The number of piperazine rings is 1. The van der Waals surface area contributed by atoms with Crippen molar-refractivity contribution in [3.63, 3.8) is 0 Å². The van der Waals surface area contributed by atoms with E-state index in [-0.39, 0.29) is 22.9 Å². The number of halogens is 1. The molecule has 2 aliphatic carbocycles. The fourth-order valence-electron chi connectivity index (χ4n) is 9.96. The van der Waals surface area contributed by atoms with Gasteiger partial charge in [0.25, 0.3) is 5.91 Å². The second kappa shape index (κ2) is 14.7. The molecule has 5 heterocycles. The summed E-state index contributed by atoms with van der Waals surface area (Å²) in [6, 6.07) is 9.96. The number of anilines is 1. The molecule has 8 rings (SSSR count). The molecule has 4 aliphatic heterocycles. The van der Waals surface area contributed by atoms with Crippen LogP contribution in [0.1, 0.15) is 67.6 Å². The highest BCUT2D eigenvalue weighted by Crippen LogP contribution is 2.49. The molecule has 53 heavy (non-hydrogen) atoms. The minimum atomic E-state index is -4.00. The predicted molar refractivity (Wildman–Crippen MR) is 205 cm³/mol. The van der Waals surface area contributed by atoms with Crippen LogP contribution in [-0.2, 0) is 31.3 Å². The van der Waals surface area contributed by atoms with Crippen molar-refractivity contribution in [2.75, 3.05) is 77.6 Å². The minimum Gasteiger partial charge on any atom is -0.489 e. The van der Waals surface area contributed by atoms with Crippen molar-refractivity contribution >= 4 is 33.3 Å². The number of fused-ring (bicyclic) bond motifs is 5. The zero-order valence-corrected chi connectivity index (χ0v) is 32.8. The normalized spacial score (nSPS) is 35.4. The molecule has 1 amide bonds. The molecule has 0 unspecified atom stereocenters. The van der Waals surface area contributed by atoms with Crippen LogP contribution in [0.15, 0.2) is 42.5 Å². The zero-order valence-electron chi connectivity index (χ0n) is 31.3. The molecular formula is C40H54ClN5O6S. The van der Waals surface area contributed by atoms with Crippen LogP contribution in [0.5, 0.6) is 5.75 Å². The molecule has 1 spiro atoms. The van der Waals surface area contributed by atoms with Gasteiger partial charge in [0.15, 0.2) is 11.6 Å². The number of allylic oxidation sites excluding steroid dienone is 1. The molecule has 3 fully saturated rings. The van der Waals surface area contributed by atoms with Gasteiger partial charge < -0.3 is 19.1 Å². The Labute approximate surface area is 319 Å². The summed E-state index contributed by atoms with van der Waals surface area (Å²) < 4.78 is 48.8. The van der Waals surface area contributed by atoms with E-state index < -0.39 is 26.8 Å². The van der Waals surface area contributed by atoms with E-state index in [1.54, 1.807) is 19.1 Å². The van der Waals surface area contributed by atoms with Crippen molar-refractivity contribution < 1.29 is 27.4 Å². The number of aromatic nitrogens is 1. The summed E-state index contributed by atoms with van der Waals surface area (Å²) in [4.78, 5) is 25.9. The van der Waals surface area contributed by atoms with Crippen molar-refractivity contribution in [1.29, 1.82) is 0 Å². The quantitative estimate of drug-likeness (QED) is 0.442. The van der Waals surface area contributed by atoms with E-state index in [4.69, 9.17) is 30.8 Å². The number of amides is 1. The summed E-state index contributed by atoms with van der Waals surface area (Å²) in [5, 5.41) is -0.0736. The molecule has 1 aromatic carbocycles. The van der Waals surface area contributed by atoms with Gasteiger partial charge in [-0.3, -0.25) is 14.6 Å². The summed E-state index contributed by atoms with van der Waals surface area (Å²) >= 11 is 6.50. The van der Waals surface area contributed by atoms with E-state index in [1.165, 1.54) is 11.1 Å². The van der Waals surface area contributed by atoms with Gasteiger partial charge in [0.1, 0.15) is 11.3 Å². The third-order valence-electron chi connectivity index (χ3n) is 13.4. The third-order valence-corrected chi connectivity index (χ3v) is 15.6. The van der Waals surface area contributed by atoms with E-state index >= 15 is 0 Å². The van der Waals surface area contributed by atoms with Crippen LogP contribution in [0.4, 0.5) is 5.82 Å². The summed E-state index contributed by atoms with van der Waals surface area (Å²) in [5.74, 6) is 0.730. The number of morpholine rings is 1. The van der Waals surface area contributed by atoms with Gasteiger partial charge in [0, 0.05) is 69.4 Å². The highest BCUT2D eigenvalue weighted by Gasteiger charge is 2.50. The van der Waals surface area contributed by atoms with Crippen LogP contribution >= 0.6 is 11.6 Å². The number of rotatable bonds is 3. The third kappa shape index (κ3) is 7.13. The number of pyridine rings is 1. The topological polar surface area (TPSA) is 114 Å². The average molecular weight is 768 g/mol. The maximum absolute atomic E-state index is 13.6. The van der Waals surface area contributed by atoms with Crippen molar-refractivity contribution in [1.82, 2.24) is 19.5 Å². The molecule has 2 aromatic rings. The first-order valence-corrected chi connectivity index (χ1v) is 21.4. The minimum absolute atomic E-state index is 0.0572. The number of aryl methyl sites for hydroxylation is 1. The van der Waals surface area contributed by atoms with E-state index in [2.05, 4.69) is 43.7 Å². The van der Waals surface area contributed by atoms with E-state index in [0.717, 1.165) is 83.1 Å². The van der Waals surface area contributed by atoms with Crippen LogP contribution in [0, 0.1) is 17.8 Å². The van der Waals surface area contributed by atoms with Gasteiger partial charge in [0.2, 0.25) is 10.0 Å². The van der Waals surface area contributed by atoms with Crippen molar-refractivity contribution in [3.8, 4) is 5.75 Å². The molecule has 2 bridgehead atoms. The van der Waals surface area contributed by atoms with Crippen LogP contribution < -0.4 is 14.4 Å². The molecule has 1 saturated carbocycles. The molecule has 13 heteroatoms. The van der Waals surface area contributed by atoms with Gasteiger partial charge in [-0.2, -0.15) is 0 Å². The average Bonchev–Trinajstić information content (AvgIpc) is 3.28. The van der Waals surface area contributed by atoms with Gasteiger partial charge >= 0.3 is 0 Å². The number of nitrogens with zero attached hydrogens (tertiary/aromatic N) is 4. The lowest BCUT2D eigenvalue weighted by molar-refractivity contribution is -0.108. The Balaban J connectivity index is 1.19. The van der Waals surface area contributed by atoms with Crippen LogP contribution in [0.25, 0.3) is 0 Å². The first-order chi connectivity index (χ1) is 25.5. The number of nitrogens with one attached hydrogen (secondary N) is 1. The molecule has 6 aliphatic rings. The maximum Gasteiger partial charge on any atom is 0.283 e. The highest BCUT2D eigenvalue weighted by atomic mass is 35.5. The number of carbonyl (C=O) groups is 1. The van der Waals surface area contributed by atoms with Crippen molar-refractivity contribution in [2.45, 2.75) is 74.7 Å². The number of hydrogen-bond donors (Lipinski definition) is 1. The molecule has 7 atom stereocenters. The monoisotopic (exact) mass is 767 g/mol. The molecule has 11 nitrogen and oxygen atoms in total. The molecule has 288 valence electrons. The van der Waals surface area contributed by atoms with E-state index in [9.17, 15) is 13.2 Å². The Kier molecular flexibility index (Phi) is 10.3. The molecule has 1 aromatic heterocycles. The Morgan fingerprint density at radius 1 is 1.11 bits per heavy atom. The number of carbonyl (C=O) groups excluding carboxylic acids is 1. The SMILES string of the molecule is CO[C@]1(CN2CCN3CCOC[C@@H]3C2)/C=C/C[C@H](C)[C@@H](C)S(=O)(=O)NC(=O)c2ccc3c(n2)N(C[C@@H]2CC[C@H]21)C[C@@]1(CCCc2cc(Cl)ccc21)CO3. The second-order valence-corrected chi connectivity index (χ2v) is 19.0. The Morgan fingerprint density at radius 2 is 1.98 bits per heavy atom. The smallest absolute Gasteiger partial charge is 0.283 e. The number of ether oxygens (including phenoxy) is 3. The molecule has 0 radical (unpaired) electrons. The van der Waals surface area contributed by atoms with Gasteiger partial charge in [0.05, 0.1) is 25.1 Å². The van der Waals surface area contributed by atoms with Crippen molar-refractivity contribution in [3.05, 3.63) is 64.3 Å². The number of sulfonamides is 1. The van der Waals surface area contributed by atoms with Crippen LogP contribution in [0.3, 0.4) is 0 Å². The van der Waals surface area contributed by atoms with Gasteiger partial charge in [-0.05, 0) is 98.6 Å². The maximum atomic E-state index is 13.6. The standard InChI is InChI=1S/C40H54ClN5O6S/c1-27-6-4-15-40(50-3,25-44-16-17-45-18-19-51-23-32(45)22-44)34-10-8-30(34)21-46-24-39(14-5-7-29-20-31(41)9-11-33(29)39)26-52-36-13-12-35(42-37(36)46)38(47)43-53(48,49)28(27)2/h4,9,11-13,15,20,27-28,30,32,34H,5-8,10,14,16-19,21-26H2,1-3H3,(H,43,47)/b15-4+/t27-,28+,30-,32-,34+,39-,40-/m0/s1. The summed E-state index contributed by atoms with van der Waals surface area (Å²) in [7, 11) is -2.16. The van der Waals surface area contributed by atoms with Crippen LogP contribution in [0.2, 0.25) is 5.02 Å². The highest BCUT2D eigenvalue weighted by molar-refractivity contribution is 7.90. The molecular weight excluding hydrogens is 714 g/mol. The second-order valence-electron chi connectivity index (χ2n) is 16.5. The van der Waals surface area contributed by atoms with Crippen molar-refractivity contribution in [2.24, 2.45) is 17.8 Å². The van der Waals surface area contributed by atoms with E-state index in [1.807, 2.05) is 20.1 Å². The molecule has 1 N–H and O–H groups in total. The Bertz CT molecular complexity index is 1850. The first kappa shape index (κ1) is 37.2. The lowest BCUT2D eigenvalue weighted by atomic mass is 9.63. The largest absolute Gasteiger partial charge is 0.489 e. The van der Waals surface area contributed by atoms with Crippen LogP contribution in [-0.4, -0.2) is 119 Å². The van der Waals surface area contributed by atoms with Gasteiger partial charge in [-0.15, -0.1) is 0 Å². The number of hydrogen-bond acceptors (Lipinski definition) is 10. The molecule has 2 saturated heterocycles. The summed E-state index contributed by atoms with van der Waals surface area (Å²) in [6.45, 7) is 11.6. The fraction of sp³-hybridized carbons (Fsp3) is 0.650.